The Morgan fingerprint density at radius 2 is 0.740 bits per heavy atom. The topological polar surface area (TPSA) is 29.5 Å². The highest BCUT2D eigenvalue weighted by Crippen LogP contribution is 2.52. The van der Waals surface area contributed by atoms with E-state index in [4.69, 9.17) is 12.6 Å². The predicted octanol–water partition coefficient (Wildman–Crippen LogP) is 22.8. The summed E-state index contributed by atoms with van der Waals surface area (Å²) in [7, 11) is 0. The molecule has 3 aromatic heterocycles. The molecule has 0 radical (unpaired) electrons. The lowest BCUT2D eigenvalue weighted by atomic mass is 9.33. The fourth-order valence-electron chi connectivity index (χ4n) is 14.7. The zero-order valence-electron chi connectivity index (χ0n) is 70.6. The van der Waals surface area contributed by atoms with Gasteiger partial charge in [0.2, 0.25) is 0 Å². The second-order valence-electron chi connectivity index (χ2n) is 28.6. The summed E-state index contributed by atoms with van der Waals surface area (Å²) in [5.41, 5.74) is 16.3. The van der Waals surface area contributed by atoms with Crippen molar-refractivity contribution in [2.45, 2.75) is 78.6 Å². The van der Waals surface area contributed by atoms with Crippen LogP contribution in [0.4, 0.5) is 34.1 Å². The van der Waals surface area contributed by atoms with Crippen LogP contribution in [0.5, 0.6) is 0 Å². The fourth-order valence-corrected chi connectivity index (χ4v) is 14.7. The van der Waals surface area contributed by atoms with E-state index in [2.05, 4.69) is 187 Å². The molecule has 13 aromatic carbocycles. The minimum absolute atomic E-state index is 0.0522. The molecule has 0 atom stereocenters. The summed E-state index contributed by atoms with van der Waals surface area (Å²) < 4.78 is 159. The van der Waals surface area contributed by atoms with Crippen LogP contribution in [0, 0.1) is 0 Å². The fraction of sp³-hybridized carbons (Fsp3) is 0.133. The average Bonchev–Trinajstić information content (AvgIpc) is 1.11. The molecule has 0 saturated heterocycles. The monoisotopic (exact) mass is 1250 g/mol. The summed E-state index contributed by atoms with van der Waals surface area (Å²) in [6.45, 7) is 19.4. The van der Waals surface area contributed by atoms with Gasteiger partial charge in [-0.25, -0.2) is 0 Å². The van der Waals surface area contributed by atoms with Crippen molar-refractivity contribution in [1.82, 2.24) is 9.13 Å². The van der Waals surface area contributed by atoms with Gasteiger partial charge in [0.05, 0.1) is 55.4 Å². The molecule has 0 bridgehead atoms. The van der Waals surface area contributed by atoms with Crippen LogP contribution in [0.3, 0.4) is 0 Å². The van der Waals surface area contributed by atoms with Gasteiger partial charge in [0.25, 0.3) is 6.71 Å². The highest BCUT2D eigenvalue weighted by atomic mass is 16.3. The number of nitrogens with zero attached hydrogens (tertiary/aromatic N) is 4. The molecular formula is C90H73BN4O. The normalized spacial score (nSPS) is 15.5. The van der Waals surface area contributed by atoms with Crippen molar-refractivity contribution in [3.63, 3.8) is 0 Å². The number of benzene rings is 13. The van der Waals surface area contributed by atoms with Gasteiger partial charge in [-0.05, 0) is 168 Å². The molecule has 5 heterocycles. The molecule has 2 aliphatic rings. The number of para-hydroxylation sites is 6. The maximum Gasteiger partial charge on any atom is 0.252 e. The third-order valence-corrected chi connectivity index (χ3v) is 19.6. The molecule has 5 nitrogen and oxygen atoms in total. The summed E-state index contributed by atoms with van der Waals surface area (Å²) in [6, 6.07) is 54.5. The van der Waals surface area contributed by atoms with E-state index in [1.807, 2.05) is 54.6 Å². The first-order chi connectivity index (χ1) is 53.2. The SMILES string of the molecule is [2H]c1c([2H])c([2H])c2c(c1[2H])c1c([2H])c([2H])c([2H])c([2H])c1n2-c1ccc2c(c1)N(c1cccc3c1oc1c(-n4c5c([2H])c([2H])c([2H])c([2H])c5c5c([2H])c([2H])c([2H])c([2H])c54)cccc13)c1cc(C(C)(C)C)cc3c1B2c1ccc(-c2cc(C(C)(C)C)cc(C(C)(C)C)c2)cc1N3c1cc(-c2ccccc2)cc(-c2ccccc2)c1. The number of furan rings is 1. The van der Waals surface area contributed by atoms with E-state index >= 15 is 0 Å². The van der Waals surface area contributed by atoms with Gasteiger partial charge in [-0.15, -0.1) is 0 Å². The Labute approximate surface area is 584 Å². The van der Waals surface area contributed by atoms with E-state index < -0.39 is 109 Å². The second-order valence-corrected chi connectivity index (χ2v) is 28.6. The van der Waals surface area contributed by atoms with Crippen LogP contribution < -0.4 is 26.2 Å². The maximum atomic E-state index is 9.74. The lowest BCUT2D eigenvalue weighted by molar-refractivity contribution is 0.569. The Bertz CT molecular complexity index is 6620. The lowest BCUT2D eigenvalue weighted by Gasteiger charge is -2.45. The lowest BCUT2D eigenvalue weighted by Crippen LogP contribution is -2.61. The highest BCUT2D eigenvalue weighted by Gasteiger charge is 2.45. The van der Waals surface area contributed by atoms with E-state index in [1.54, 1.807) is 16.7 Å². The molecule has 0 aliphatic carbocycles. The zero-order valence-corrected chi connectivity index (χ0v) is 54.6. The molecule has 0 amide bonds. The van der Waals surface area contributed by atoms with Crippen LogP contribution in [-0.4, -0.2) is 15.8 Å². The number of aromatic nitrogens is 2. The molecule has 0 fully saturated rings. The number of anilines is 6. The Kier molecular flexibility index (Phi) is 9.51. The van der Waals surface area contributed by atoms with E-state index in [0.717, 1.165) is 78.1 Å². The molecule has 96 heavy (non-hydrogen) atoms. The Morgan fingerprint density at radius 1 is 0.302 bits per heavy atom. The maximum absolute atomic E-state index is 9.74. The molecule has 16 aromatic rings. The van der Waals surface area contributed by atoms with Crippen LogP contribution >= 0.6 is 0 Å². The second kappa shape index (κ2) is 21.2. The Morgan fingerprint density at radius 3 is 1.26 bits per heavy atom. The average molecular weight is 1250 g/mol. The number of fused-ring (bicyclic) bond motifs is 13. The van der Waals surface area contributed by atoms with Crippen LogP contribution in [0.15, 0.2) is 283 Å². The van der Waals surface area contributed by atoms with Gasteiger partial charge in [-0.2, -0.15) is 0 Å². The van der Waals surface area contributed by atoms with Crippen molar-refractivity contribution in [3.8, 4) is 44.8 Å². The molecule has 2 aliphatic heterocycles. The first-order valence-corrected chi connectivity index (χ1v) is 32.6. The van der Waals surface area contributed by atoms with Crippen molar-refractivity contribution in [2.75, 3.05) is 9.80 Å². The standard InChI is InChI=1S/C90H73BN4O/c1-88(2,3)62-47-61(48-63(52-62)89(4,5)6)58-42-44-73-81(51-58)93(66-49-59(56-26-12-10-13-27-56)46-60(50-66)57-28-14-11-15-29-57)83-53-64(90(7,8)9)54-84-85(83)91(73)74-45-43-65(92-75-36-20-16-30-67(75)68-31-17-21-37-76(68)92)55-82(74)95(84)80-41-25-35-72-71-34-24-40-79(86(71)96-87(72)80)94-77-38-22-18-32-69(77)70-33-19-23-39-78(70)94/h10-55H,1-9H3/i16D,17D,18D,19D,20D,21D,22D,23D,30D,31D,32D,33D,36D,37D,38D,39D. The first kappa shape index (κ1) is 43.0. The summed E-state index contributed by atoms with van der Waals surface area (Å²) in [5, 5.41) is 0.834. The predicted molar refractivity (Wildman–Crippen MR) is 409 cm³/mol. The summed E-state index contributed by atoms with van der Waals surface area (Å²) in [4.78, 5) is 4.57. The van der Waals surface area contributed by atoms with Crippen LogP contribution in [0.2, 0.25) is 0 Å². The smallest absolute Gasteiger partial charge is 0.252 e. The van der Waals surface area contributed by atoms with Gasteiger partial charge in [-0.1, -0.05) is 256 Å². The minimum atomic E-state index is -0.583. The number of rotatable bonds is 7. The molecule has 0 spiro atoms. The van der Waals surface area contributed by atoms with Gasteiger partial charge in [0.15, 0.2) is 11.2 Å². The third-order valence-electron chi connectivity index (χ3n) is 19.6. The minimum Gasteiger partial charge on any atom is -0.452 e. The largest absolute Gasteiger partial charge is 0.452 e. The van der Waals surface area contributed by atoms with Gasteiger partial charge in [-0.3, -0.25) is 0 Å². The van der Waals surface area contributed by atoms with Crippen molar-refractivity contribution >= 4 is 123 Å². The summed E-state index contributed by atoms with van der Waals surface area (Å²) in [5.74, 6) is 0. The van der Waals surface area contributed by atoms with E-state index in [-0.39, 0.29) is 65.7 Å². The third kappa shape index (κ3) is 8.98. The van der Waals surface area contributed by atoms with Crippen molar-refractivity contribution < 1.29 is 26.3 Å². The van der Waals surface area contributed by atoms with E-state index in [9.17, 15) is 13.7 Å². The van der Waals surface area contributed by atoms with Crippen LogP contribution in [0.25, 0.3) is 110 Å². The van der Waals surface area contributed by atoms with Crippen molar-refractivity contribution in [2.24, 2.45) is 0 Å². The van der Waals surface area contributed by atoms with Crippen LogP contribution in [-0.2, 0) is 16.2 Å². The molecule has 6 heteroatoms. The van der Waals surface area contributed by atoms with E-state index in [1.165, 1.54) is 15.7 Å². The van der Waals surface area contributed by atoms with E-state index in [0.29, 0.717) is 33.4 Å². The molecule has 0 N–H and O–H groups in total. The zero-order chi connectivity index (χ0) is 79.0. The van der Waals surface area contributed by atoms with Crippen LogP contribution in [0.1, 0.15) is 101 Å². The molecule has 0 saturated carbocycles. The molecule has 18 rings (SSSR count). The van der Waals surface area contributed by atoms with Gasteiger partial charge < -0.3 is 23.4 Å². The molecule has 462 valence electrons. The van der Waals surface area contributed by atoms with Crippen molar-refractivity contribution in [1.29, 1.82) is 0 Å². The van der Waals surface area contributed by atoms with Gasteiger partial charge in [0, 0.05) is 66.4 Å². The highest BCUT2D eigenvalue weighted by molar-refractivity contribution is 7.00. The molecular weight excluding hydrogens is 1160 g/mol. The Hall–Kier alpha value is -11.1. The van der Waals surface area contributed by atoms with Gasteiger partial charge >= 0.3 is 0 Å². The quantitative estimate of drug-likeness (QED) is 0.149. The summed E-state index contributed by atoms with van der Waals surface area (Å²) >= 11 is 0. The Balaban J connectivity index is 0.997. The van der Waals surface area contributed by atoms with Crippen molar-refractivity contribution in [3.05, 3.63) is 295 Å². The number of hydrogen-bond donors (Lipinski definition) is 0. The number of hydrogen-bond acceptors (Lipinski definition) is 3. The summed E-state index contributed by atoms with van der Waals surface area (Å²) in [6.07, 6.45) is 0. The first-order valence-electron chi connectivity index (χ1n) is 40.6. The van der Waals surface area contributed by atoms with Gasteiger partial charge in [0.1, 0.15) is 0 Å². The molecule has 0 unspecified atom stereocenters.